The molecular weight excluding hydrogens is 124 g/mol. The SMILES string of the molecule is N#CC1=C(C#N)CCC=C1. The van der Waals surface area contributed by atoms with Crippen LogP contribution >= 0.6 is 0 Å². The highest BCUT2D eigenvalue weighted by Crippen LogP contribution is 2.16. The highest BCUT2D eigenvalue weighted by Gasteiger charge is 2.05. The zero-order valence-corrected chi connectivity index (χ0v) is 5.46. The lowest BCUT2D eigenvalue weighted by atomic mass is 10.00. The molecule has 0 radical (unpaired) electrons. The molecule has 0 saturated carbocycles. The Morgan fingerprint density at radius 1 is 1.30 bits per heavy atom. The van der Waals surface area contributed by atoms with Crippen molar-refractivity contribution in [3.05, 3.63) is 23.3 Å². The van der Waals surface area contributed by atoms with Crippen LogP contribution in [0.3, 0.4) is 0 Å². The molecule has 0 heterocycles. The van der Waals surface area contributed by atoms with Gasteiger partial charge in [-0.15, -0.1) is 0 Å². The molecule has 2 nitrogen and oxygen atoms in total. The van der Waals surface area contributed by atoms with Gasteiger partial charge >= 0.3 is 0 Å². The van der Waals surface area contributed by atoms with Crippen LogP contribution in [0.1, 0.15) is 12.8 Å². The van der Waals surface area contributed by atoms with E-state index in [4.69, 9.17) is 10.5 Å². The first kappa shape index (κ1) is 6.58. The van der Waals surface area contributed by atoms with E-state index in [1.54, 1.807) is 6.08 Å². The number of hydrogen-bond acceptors (Lipinski definition) is 2. The molecule has 1 aliphatic carbocycles. The van der Waals surface area contributed by atoms with Crippen LogP contribution in [-0.4, -0.2) is 0 Å². The molecule has 1 aliphatic rings. The summed E-state index contributed by atoms with van der Waals surface area (Å²) >= 11 is 0. The zero-order valence-electron chi connectivity index (χ0n) is 5.46. The molecular formula is C8H6N2. The first-order valence-electron chi connectivity index (χ1n) is 3.08. The fraction of sp³-hybridized carbons (Fsp3) is 0.250. The third-order valence-corrected chi connectivity index (χ3v) is 1.43. The first-order valence-corrected chi connectivity index (χ1v) is 3.08. The molecule has 0 aromatic rings. The molecule has 0 unspecified atom stereocenters. The van der Waals surface area contributed by atoms with Crippen LogP contribution in [0.25, 0.3) is 0 Å². The van der Waals surface area contributed by atoms with Crippen LogP contribution in [0.4, 0.5) is 0 Å². The van der Waals surface area contributed by atoms with Crippen molar-refractivity contribution in [2.24, 2.45) is 0 Å². The molecule has 0 spiro atoms. The minimum Gasteiger partial charge on any atom is -0.193 e. The smallest absolute Gasteiger partial charge is 0.100 e. The summed E-state index contributed by atoms with van der Waals surface area (Å²) in [5, 5.41) is 17.0. The Bertz CT molecular complexity index is 271. The van der Waals surface area contributed by atoms with Gasteiger partial charge in [0.25, 0.3) is 0 Å². The van der Waals surface area contributed by atoms with E-state index < -0.39 is 0 Å². The Morgan fingerprint density at radius 3 is 2.60 bits per heavy atom. The van der Waals surface area contributed by atoms with Crippen LogP contribution in [-0.2, 0) is 0 Å². The van der Waals surface area contributed by atoms with Crippen molar-refractivity contribution >= 4 is 0 Å². The molecule has 0 aromatic carbocycles. The first-order chi connectivity index (χ1) is 4.88. The predicted molar refractivity (Wildman–Crippen MR) is 36.6 cm³/mol. The van der Waals surface area contributed by atoms with Gasteiger partial charge in [-0.3, -0.25) is 0 Å². The third kappa shape index (κ3) is 1.06. The molecule has 0 aromatic heterocycles. The topological polar surface area (TPSA) is 47.6 Å². The van der Waals surface area contributed by atoms with E-state index in [0.29, 0.717) is 11.1 Å². The standard InChI is InChI=1S/C8H6N2/c9-5-7-3-1-2-4-8(7)6-10/h1,3H,2,4H2. The highest BCUT2D eigenvalue weighted by molar-refractivity contribution is 5.46. The van der Waals surface area contributed by atoms with E-state index in [0.717, 1.165) is 12.8 Å². The molecule has 2 heteroatoms. The number of hydrogen-bond donors (Lipinski definition) is 0. The van der Waals surface area contributed by atoms with Crippen molar-refractivity contribution in [2.45, 2.75) is 12.8 Å². The molecule has 48 valence electrons. The van der Waals surface area contributed by atoms with E-state index in [-0.39, 0.29) is 0 Å². The average Bonchev–Trinajstić information content (AvgIpc) is 2.04. The molecule has 1 rings (SSSR count). The number of allylic oxidation sites excluding steroid dienone is 4. The maximum Gasteiger partial charge on any atom is 0.100 e. The molecule has 0 fully saturated rings. The monoisotopic (exact) mass is 130 g/mol. The van der Waals surface area contributed by atoms with E-state index in [1.807, 2.05) is 18.2 Å². The van der Waals surface area contributed by atoms with E-state index in [1.165, 1.54) is 0 Å². The summed E-state index contributed by atoms with van der Waals surface area (Å²) in [6, 6.07) is 3.99. The number of nitrogens with zero attached hydrogens (tertiary/aromatic N) is 2. The minimum atomic E-state index is 0.522. The molecule has 10 heavy (non-hydrogen) atoms. The van der Waals surface area contributed by atoms with Gasteiger partial charge in [-0.05, 0) is 18.9 Å². The van der Waals surface area contributed by atoms with E-state index in [9.17, 15) is 0 Å². The second-order valence-corrected chi connectivity index (χ2v) is 2.06. The molecule has 0 aliphatic heterocycles. The lowest BCUT2D eigenvalue weighted by molar-refractivity contribution is 0.983. The lowest BCUT2D eigenvalue weighted by Gasteiger charge is -2.01. The molecule has 0 N–H and O–H groups in total. The largest absolute Gasteiger partial charge is 0.193 e. The Kier molecular flexibility index (Phi) is 1.87. The van der Waals surface area contributed by atoms with Gasteiger partial charge in [-0.1, -0.05) is 6.08 Å². The van der Waals surface area contributed by atoms with Crippen molar-refractivity contribution in [2.75, 3.05) is 0 Å². The van der Waals surface area contributed by atoms with Crippen LogP contribution < -0.4 is 0 Å². The van der Waals surface area contributed by atoms with Gasteiger partial charge in [0.1, 0.15) is 6.07 Å². The quantitative estimate of drug-likeness (QED) is 0.500. The summed E-state index contributed by atoms with van der Waals surface area (Å²) in [5.41, 5.74) is 1.14. The fourth-order valence-corrected chi connectivity index (χ4v) is 0.885. The van der Waals surface area contributed by atoms with Crippen molar-refractivity contribution in [1.82, 2.24) is 0 Å². The highest BCUT2D eigenvalue weighted by atomic mass is 14.3. The Balaban J connectivity index is 3.01. The summed E-state index contributed by atoms with van der Waals surface area (Å²) in [4.78, 5) is 0. The normalized spacial score (nSPS) is 16.2. The van der Waals surface area contributed by atoms with Crippen molar-refractivity contribution < 1.29 is 0 Å². The second-order valence-electron chi connectivity index (χ2n) is 2.06. The van der Waals surface area contributed by atoms with Gasteiger partial charge in [0.05, 0.1) is 11.6 Å². The fourth-order valence-electron chi connectivity index (χ4n) is 0.885. The van der Waals surface area contributed by atoms with Gasteiger partial charge in [0.2, 0.25) is 0 Å². The molecule has 0 bridgehead atoms. The van der Waals surface area contributed by atoms with Gasteiger partial charge in [0.15, 0.2) is 0 Å². The summed E-state index contributed by atoms with van der Waals surface area (Å²) in [6.07, 6.45) is 5.23. The van der Waals surface area contributed by atoms with Crippen molar-refractivity contribution in [3.63, 3.8) is 0 Å². The van der Waals surface area contributed by atoms with Gasteiger partial charge < -0.3 is 0 Å². The maximum atomic E-state index is 8.50. The maximum absolute atomic E-state index is 8.50. The molecule has 0 amide bonds. The van der Waals surface area contributed by atoms with Crippen LogP contribution in [0, 0.1) is 22.7 Å². The number of nitriles is 2. The summed E-state index contributed by atoms with van der Waals surface area (Å²) < 4.78 is 0. The average molecular weight is 130 g/mol. The Hall–Kier alpha value is -1.54. The van der Waals surface area contributed by atoms with Gasteiger partial charge in [-0.2, -0.15) is 10.5 Å². The Labute approximate surface area is 59.7 Å². The number of rotatable bonds is 0. The van der Waals surface area contributed by atoms with Crippen LogP contribution in [0.15, 0.2) is 23.3 Å². The predicted octanol–water partition coefficient (Wildman–Crippen LogP) is 1.68. The Morgan fingerprint density at radius 2 is 2.10 bits per heavy atom. The van der Waals surface area contributed by atoms with Crippen LogP contribution in [0.2, 0.25) is 0 Å². The summed E-state index contributed by atoms with van der Waals surface area (Å²) in [5.74, 6) is 0. The van der Waals surface area contributed by atoms with Gasteiger partial charge in [0, 0.05) is 5.57 Å². The molecule has 0 saturated heterocycles. The second kappa shape index (κ2) is 2.85. The van der Waals surface area contributed by atoms with Gasteiger partial charge in [-0.25, -0.2) is 0 Å². The minimum absolute atomic E-state index is 0.522. The summed E-state index contributed by atoms with van der Waals surface area (Å²) in [6.45, 7) is 0. The lowest BCUT2D eigenvalue weighted by Crippen LogP contribution is -1.89. The summed E-state index contributed by atoms with van der Waals surface area (Å²) in [7, 11) is 0. The van der Waals surface area contributed by atoms with E-state index >= 15 is 0 Å². The third-order valence-electron chi connectivity index (χ3n) is 1.43. The van der Waals surface area contributed by atoms with E-state index in [2.05, 4.69) is 0 Å². The van der Waals surface area contributed by atoms with Crippen molar-refractivity contribution in [1.29, 1.82) is 10.5 Å². The van der Waals surface area contributed by atoms with Crippen LogP contribution in [0.5, 0.6) is 0 Å². The van der Waals surface area contributed by atoms with Crippen molar-refractivity contribution in [3.8, 4) is 12.1 Å². The molecule has 0 atom stereocenters. The zero-order chi connectivity index (χ0) is 7.40.